The molecule has 0 aliphatic heterocycles. The number of carbonyl (C=O) groups is 1. The van der Waals surface area contributed by atoms with Crippen molar-refractivity contribution in [1.29, 1.82) is 0 Å². The molecule has 2 heteroatoms. The van der Waals surface area contributed by atoms with Crippen LogP contribution in [0.1, 0.15) is 41.5 Å². The van der Waals surface area contributed by atoms with Crippen LogP contribution in [0.3, 0.4) is 0 Å². The molecular weight excluding hydrogens is 126 g/mol. The number of hydrogen-bond donors (Lipinski definition) is 1. The molecule has 0 spiro atoms. The number of nitrogens with two attached hydrogens (primary N) is 1. The van der Waals surface area contributed by atoms with Crippen LogP contribution in [-0.2, 0) is 4.79 Å². The van der Waals surface area contributed by atoms with Crippen LogP contribution < -0.4 is 5.73 Å². The third-order valence-electron chi connectivity index (χ3n) is 0. The van der Waals surface area contributed by atoms with Crippen molar-refractivity contribution in [3.8, 4) is 0 Å². The van der Waals surface area contributed by atoms with Crippen molar-refractivity contribution < 1.29 is 4.79 Å². The smallest absolute Gasteiger partial charge is 0.106 e. The molecule has 0 amide bonds. The van der Waals surface area contributed by atoms with Gasteiger partial charge < -0.3 is 10.5 Å². The first-order valence-electron chi connectivity index (χ1n) is 3.78. The van der Waals surface area contributed by atoms with Crippen LogP contribution in [0, 0.1) is 0 Å². The quantitative estimate of drug-likeness (QED) is 0.574. The highest BCUT2D eigenvalue weighted by Crippen LogP contribution is 1.58. The van der Waals surface area contributed by atoms with E-state index >= 15 is 0 Å². The lowest BCUT2D eigenvalue weighted by Crippen LogP contribution is -2.06. The molecule has 0 bridgehead atoms. The van der Waals surface area contributed by atoms with Gasteiger partial charge in [-0.2, -0.15) is 0 Å². The van der Waals surface area contributed by atoms with Gasteiger partial charge in [0.25, 0.3) is 0 Å². The average molecular weight is 149 g/mol. The second-order valence-electron chi connectivity index (χ2n) is 1.24. The van der Waals surface area contributed by atoms with E-state index < -0.39 is 0 Å². The van der Waals surface area contributed by atoms with E-state index in [0.717, 1.165) is 0 Å². The highest BCUT2D eigenvalue weighted by Gasteiger charge is 1.67. The first kappa shape index (κ1) is 22.6. The van der Waals surface area contributed by atoms with Crippen molar-refractivity contribution in [2.45, 2.75) is 47.6 Å². The molecule has 10 heavy (non-hydrogen) atoms. The van der Waals surface area contributed by atoms with Crippen LogP contribution in [-0.4, -0.2) is 12.8 Å². The minimum Gasteiger partial charge on any atom is -0.328 e. The fourth-order valence-corrected chi connectivity index (χ4v) is 0. The normalized spacial score (nSPS) is 5.20. The Kier molecular flexibility index (Phi) is 164. The lowest BCUT2D eigenvalue weighted by Gasteiger charge is -1.81. The Morgan fingerprint density at radius 2 is 1.00 bits per heavy atom. The van der Waals surface area contributed by atoms with Gasteiger partial charge in [0.1, 0.15) is 6.79 Å². The summed E-state index contributed by atoms with van der Waals surface area (Å²) in [6, 6.07) is 0.333. The molecule has 0 aliphatic rings. The summed E-state index contributed by atoms with van der Waals surface area (Å²) < 4.78 is 0. The Balaban J connectivity index is -0.0000000262. The lowest BCUT2D eigenvalue weighted by atomic mass is 10.5. The van der Waals surface area contributed by atoms with E-state index in [4.69, 9.17) is 10.5 Å². The van der Waals surface area contributed by atoms with E-state index in [1.807, 2.05) is 48.3 Å². The first-order valence-corrected chi connectivity index (χ1v) is 3.78. The zero-order valence-electron chi connectivity index (χ0n) is 8.27. The van der Waals surface area contributed by atoms with Gasteiger partial charge in [-0.1, -0.05) is 41.5 Å². The van der Waals surface area contributed by atoms with Gasteiger partial charge in [-0.3, -0.25) is 0 Å². The SMILES string of the molecule is C=O.CC.CC.CC(C)N. The monoisotopic (exact) mass is 149 g/mol. The van der Waals surface area contributed by atoms with Gasteiger partial charge >= 0.3 is 0 Å². The molecule has 0 fully saturated rings. The van der Waals surface area contributed by atoms with Crippen LogP contribution >= 0.6 is 0 Å². The summed E-state index contributed by atoms with van der Waals surface area (Å²) in [5, 5.41) is 0. The van der Waals surface area contributed by atoms with Gasteiger partial charge in [-0.15, -0.1) is 0 Å². The Bertz CT molecular complexity index is 20.5. The third kappa shape index (κ3) is 2450. The summed E-state index contributed by atoms with van der Waals surface area (Å²) in [6.07, 6.45) is 0. The van der Waals surface area contributed by atoms with E-state index in [2.05, 4.69) is 0 Å². The van der Waals surface area contributed by atoms with Crippen LogP contribution in [0.4, 0.5) is 0 Å². The molecule has 66 valence electrons. The minimum absolute atomic E-state index is 0.333. The van der Waals surface area contributed by atoms with Gasteiger partial charge in [0.15, 0.2) is 0 Å². The fourth-order valence-electron chi connectivity index (χ4n) is 0. The molecular formula is C8H23NO. The summed E-state index contributed by atoms with van der Waals surface area (Å²) in [4.78, 5) is 8.00. The molecule has 0 saturated carbocycles. The molecule has 0 aliphatic carbocycles. The molecule has 0 aromatic heterocycles. The van der Waals surface area contributed by atoms with Gasteiger partial charge in [-0.05, 0) is 6.04 Å². The Morgan fingerprint density at radius 1 is 1.00 bits per heavy atom. The van der Waals surface area contributed by atoms with Crippen molar-refractivity contribution in [3.05, 3.63) is 0 Å². The number of carbonyl (C=O) groups excluding carboxylic acids is 1. The van der Waals surface area contributed by atoms with Crippen LogP contribution in [0.2, 0.25) is 0 Å². The maximum Gasteiger partial charge on any atom is 0.106 e. The summed E-state index contributed by atoms with van der Waals surface area (Å²) in [5.74, 6) is 0. The Morgan fingerprint density at radius 3 is 1.00 bits per heavy atom. The highest BCUT2D eigenvalue weighted by molar-refractivity contribution is 5.10. The zero-order valence-corrected chi connectivity index (χ0v) is 8.27. The zero-order chi connectivity index (χ0) is 9.58. The van der Waals surface area contributed by atoms with Gasteiger partial charge in [0.05, 0.1) is 0 Å². The average Bonchev–Trinajstić information content (AvgIpc) is 1.98. The third-order valence-corrected chi connectivity index (χ3v) is 0. The molecule has 2 N–H and O–H groups in total. The van der Waals surface area contributed by atoms with E-state index in [1.165, 1.54) is 0 Å². The standard InChI is InChI=1S/C3H9N.2C2H6.CH2O/c1-3(2)4;3*1-2/h3H,4H2,1-2H3;2*1-2H3;1H2. The topological polar surface area (TPSA) is 43.1 Å². The van der Waals surface area contributed by atoms with Crippen LogP contribution in [0.25, 0.3) is 0 Å². The minimum atomic E-state index is 0.333. The molecule has 2 nitrogen and oxygen atoms in total. The molecule has 0 radical (unpaired) electrons. The summed E-state index contributed by atoms with van der Waals surface area (Å²) in [5.41, 5.74) is 5.11. The van der Waals surface area contributed by atoms with E-state index in [0.29, 0.717) is 6.04 Å². The summed E-state index contributed by atoms with van der Waals surface area (Å²) in [7, 11) is 0. The molecule has 0 aromatic rings. The van der Waals surface area contributed by atoms with Crippen molar-refractivity contribution >= 4 is 6.79 Å². The maximum atomic E-state index is 8.00. The molecule has 0 saturated heterocycles. The molecule has 0 atom stereocenters. The second-order valence-corrected chi connectivity index (χ2v) is 1.24. The van der Waals surface area contributed by atoms with Gasteiger partial charge in [0, 0.05) is 0 Å². The fraction of sp³-hybridized carbons (Fsp3) is 0.875. The molecule has 0 aromatic carbocycles. The van der Waals surface area contributed by atoms with Gasteiger partial charge in [0.2, 0.25) is 0 Å². The Hall–Kier alpha value is -0.370. The highest BCUT2D eigenvalue weighted by atomic mass is 16.1. The molecule has 0 unspecified atom stereocenters. The molecule has 0 heterocycles. The summed E-state index contributed by atoms with van der Waals surface area (Å²) >= 11 is 0. The van der Waals surface area contributed by atoms with Crippen LogP contribution in [0.5, 0.6) is 0 Å². The van der Waals surface area contributed by atoms with Crippen molar-refractivity contribution in [3.63, 3.8) is 0 Å². The maximum absolute atomic E-state index is 8.00. The second kappa shape index (κ2) is 72.6. The van der Waals surface area contributed by atoms with E-state index in [-0.39, 0.29) is 0 Å². The molecule has 0 rings (SSSR count). The predicted octanol–water partition coefficient (Wildman–Crippen LogP) is 2.22. The van der Waals surface area contributed by atoms with Gasteiger partial charge in [-0.25, -0.2) is 0 Å². The van der Waals surface area contributed by atoms with Crippen LogP contribution in [0.15, 0.2) is 0 Å². The number of rotatable bonds is 0. The van der Waals surface area contributed by atoms with Crippen molar-refractivity contribution in [1.82, 2.24) is 0 Å². The summed E-state index contributed by atoms with van der Waals surface area (Å²) in [6.45, 7) is 13.9. The first-order chi connectivity index (χ1) is 4.73. The van der Waals surface area contributed by atoms with E-state index in [9.17, 15) is 0 Å². The van der Waals surface area contributed by atoms with E-state index in [1.54, 1.807) is 0 Å². The number of hydrogen-bond acceptors (Lipinski definition) is 2. The lowest BCUT2D eigenvalue weighted by molar-refractivity contribution is -0.0979. The predicted molar refractivity (Wildman–Crippen MR) is 49.1 cm³/mol. The largest absolute Gasteiger partial charge is 0.328 e. The Labute approximate surface area is 65.8 Å². The van der Waals surface area contributed by atoms with Crippen molar-refractivity contribution in [2.75, 3.05) is 0 Å². The van der Waals surface area contributed by atoms with Crippen molar-refractivity contribution in [2.24, 2.45) is 5.73 Å².